The number of ether oxygens (including phenoxy) is 2. The topological polar surface area (TPSA) is 103 Å². The van der Waals surface area contributed by atoms with Crippen LogP contribution < -0.4 is 9.47 Å². The van der Waals surface area contributed by atoms with Gasteiger partial charge >= 0.3 is 0 Å². The van der Waals surface area contributed by atoms with Gasteiger partial charge in [0.1, 0.15) is 0 Å². The maximum Gasteiger partial charge on any atom is 0.231 e. The van der Waals surface area contributed by atoms with Gasteiger partial charge in [0.05, 0.1) is 12.0 Å². The second-order valence-electron chi connectivity index (χ2n) is 12.1. The van der Waals surface area contributed by atoms with Gasteiger partial charge in [-0.05, 0) is 105 Å². The molecule has 2 aromatic rings. The molecule has 0 spiro atoms. The Hall–Kier alpha value is -2.97. The van der Waals surface area contributed by atoms with Crippen LogP contribution in [-0.2, 0) is 17.6 Å². The lowest BCUT2D eigenvalue weighted by Crippen LogP contribution is -2.65. The van der Waals surface area contributed by atoms with Crippen LogP contribution in [0.2, 0.25) is 0 Å². The zero-order valence-electron chi connectivity index (χ0n) is 22.7. The number of hydrogen-bond acceptors (Lipinski definition) is 7. The molecule has 1 saturated heterocycles. The summed E-state index contributed by atoms with van der Waals surface area (Å²) in [5.41, 5.74) is 1.09. The van der Waals surface area contributed by atoms with Crippen molar-refractivity contribution in [3.05, 3.63) is 47.5 Å². The van der Waals surface area contributed by atoms with Crippen molar-refractivity contribution in [2.75, 3.05) is 26.9 Å². The van der Waals surface area contributed by atoms with Crippen LogP contribution in [0.4, 0.5) is 0 Å². The number of likely N-dealkylation sites (N-methyl/N-ethyl adjacent to an activating group) is 1. The van der Waals surface area contributed by atoms with Gasteiger partial charge in [-0.25, -0.2) is 0 Å². The fourth-order valence-corrected chi connectivity index (χ4v) is 7.07. The normalized spacial score (nSPS) is 28.2. The van der Waals surface area contributed by atoms with Crippen molar-refractivity contribution in [2.24, 2.45) is 11.8 Å². The Morgan fingerprint density at radius 3 is 2.62 bits per heavy atom. The fourth-order valence-electron chi connectivity index (χ4n) is 7.07. The molecule has 39 heavy (non-hydrogen) atoms. The first-order valence-corrected chi connectivity index (χ1v) is 14.4. The highest BCUT2D eigenvalue weighted by molar-refractivity contribution is 5.79. The van der Waals surface area contributed by atoms with E-state index in [1.54, 1.807) is 6.07 Å². The number of aliphatic hydroxyl groups is 1. The molecule has 2 aromatic carbocycles. The van der Waals surface area contributed by atoms with Crippen LogP contribution in [0.25, 0.3) is 0 Å². The molecule has 0 radical (unpaired) electrons. The van der Waals surface area contributed by atoms with Gasteiger partial charge in [0.2, 0.25) is 12.7 Å². The maximum atomic E-state index is 13.3. The number of hydrogen-bond donors (Lipinski definition) is 3. The molecule has 2 aliphatic carbocycles. The van der Waals surface area contributed by atoms with Crippen LogP contribution in [0.1, 0.15) is 56.1 Å². The van der Waals surface area contributed by atoms with Gasteiger partial charge in [0.25, 0.3) is 0 Å². The van der Waals surface area contributed by atoms with Gasteiger partial charge in [0, 0.05) is 25.7 Å². The number of carbonyl (C=O) groups is 1. The number of rotatable bonds is 8. The zero-order valence-corrected chi connectivity index (χ0v) is 22.7. The number of phenolic OH excluding ortho intramolecular Hbond substituents is 2. The number of nitrogens with zero attached hydrogens (tertiary/aromatic N) is 2. The summed E-state index contributed by atoms with van der Waals surface area (Å²) in [4.78, 5) is 17.7. The first-order valence-electron chi connectivity index (χ1n) is 14.4. The molecule has 2 heterocycles. The largest absolute Gasteiger partial charge is 0.504 e. The predicted octanol–water partition coefficient (Wildman–Crippen LogP) is 3.84. The summed E-state index contributed by atoms with van der Waals surface area (Å²) in [7, 11) is 1.90. The molecular weight excluding hydrogens is 496 g/mol. The molecule has 3 unspecified atom stereocenters. The molecule has 210 valence electrons. The van der Waals surface area contributed by atoms with Crippen LogP contribution in [0.15, 0.2) is 36.4 Å². The maximum absolute atomic E-state index is 13.3. The summed E-state index contributed by atoms with van der Waals surface area (Å²) in [6, 6.07) is 10.8. The average molecular weight is 537 g/mol. The van der Waals surface area contributed by atoms with E-state index in [9.17, 15) is 20.1 Å². The van der Waals surface area contributed by atoms with Gasteiger partial charge in [-0.2, -0.15) is 0 Å². The minimum atomic E-state index is -0.788. The van der Waals surface area contributed by atoms with Crippen molar-refractivity contribution in [2.45, 2.75) is 75.5 Å². The second-order valence-corrected chi connectivity index (χ2v) is 12.1. The van der Waals surface area contributed by atoms with Gasteiger partial charge in [-0.3, -0.25) is 9.69 Å². The standard InChI is InChI=1S/C31H40N2O6/c1-32(30(36)16-22-5-8-27-28(15-22)39-19-38-27)24-10-12-31(37)23(17-24)11-13-33(18-21-2-3-21)29(31)9-6-20-4-7-25(34)26(35)14-20/h4-5,7-8,14-15,21,23-24,29,34-35,37H,2-3,6,9-13,16-19H2,1H3/t23?,24?,29-,31?/m1/s1. The SMILES string of the molecule is CN(C(=O)Cc1ccc2c(c1)OCO2)C1CCC2(O)C(CCN(CC3CC3)[C@@H]2CCc2ccc(O)c(O)c2)C1. The lowest BCUT2D eigenvalue weighted by atomic mass is 9.64. The Morgan fingerprint density at radius 1 is 1.03 bits per heavy atom. The number of phenols is 2. The first kappa shape index (κ1) is 26.3. The fraction of sp³-hybridized carbons (Fsp3) is 0.581. The van der Waals surface area contributed by atoms with Crippen LogP contribution >= 0.6 is 0 Å². The smallest absolute Gasteiger partial charge is 0.231 e. The number of likely N-dealkylation sites (tertiary alicyclic amines) is 1. The molecule has 3 N–H and O–H groups in total. The number of carbonyl (C=O) groups excluding carboxylic acids is 1. The Bertz CT molecular complexity index is 1220. The quantitative estimate of drug-likeness (QED) is 0.441. The summed E-state index contributed by atoms with van der Waals surface area (Å²) < 4.78 is 10.9. The molecule has 2 saturated carbocycles. The third kappa shape index (κ3) is 5.41. The molecule has 8 heteroatoms. The summed E-state index contributed by atoms with van der Waals surface area (Å²) in [6.07, 6.45) is 7.61. The zero-order chi connectivity index (χ0) is 27.1. The summed E-state index contributed by atoms with van der Waals surface area (Å²) >= 11 is 0. The van der Waals surface area contributed by atoms with E-state index in [1.165, 1.54) is 18.9 Å². The van der Waals surface area contributed by atoms with Crippen molar-refractivity contribution in [1.29, 1.82) is 0 Å². The van der Waals surface area contributed by atoms with Crippen molar-refractivity contribution >= 4 is 5.91 Å². The van der Waals surface area contributed by atoms with E-state index in [0.29, 0.717) is 18.6 Å². The number of aryl methyl sites for hydroxylation is 1. The average Bonchev–Trinajstić information content (AvgIpc) is 3.62. The van der Waals surface area contributed by atoms with E-state index >= 15 is 0 Å². The van der Waals surface area contributed by atoms with Crippen molar-refractivity contribution in [3.63, 3.8) is 0 Å². The molecule has 6 rings (SSSR count). The van der Waals surface area contributed by atoms with E-state index < -0.39 is 5.60 Å². The van der Waals surface area contributed by atoms with Crippen molar-refractivity contribution < 1.29 is 29.6 Å². The number of amides is 1. The third-order valence-corrected chi connectivity index (χ3v) is 9.59. The molecule has 4 aliphatic rings. The number of aromatic hydroxyl groups is 2. The van der Waals surface area contributed by atoms with Gasteiger partial charge in [0.15, 0.2) is 23.0 Å². The molecule has 2 aliphatic heterocycles. The second kappa shape index (κ2) is 10.5. The van der Waals surface area contributed by atoms with Gasteiger partial charge < -0.3 is 29.7 Å². The Balaban J connectivity index is 1.12. The van der Waals surface area contributed by atoms with E-state index in [4.69, 9.17) is 9.47 Å². The van der Waals surface area contributed by atoms with Crippen LogP contribution in [-0.4, -0.2) is 75.6 Å². The minimum absolute atomic E-state index is 0.0448. The van der Waals surface area contributed by atoms with E-state index in [2.05, 4.69) is 4.90 Å². The lowest BCUT2D eigenvalue weighted by molar-refractivity contribution is -0.158. The molecule has 8 nitrogen and oxygen atoms in total. The third-order valence-electron chi connectivity index (χ3n) is 9.59. The number of fused-ring (bicyclic) bond motifs is 2. The highest BCUT2D eigenvalue weighted by Crippen LogP contribution is 2.47. The van der Waals surface area contributed by atoms with E-state index in [-0.39, 0.29) is 42.2 Å². The van der Waals surface area contributed by atoms with Crippen molar-refractivity contribution in [3.8, 4) is 23.0 Å². The monoisotopic (exact) mass is 536 g/mol. The summed E-state index contributed by atoms with van der Waals surface area (Å²) in [5, 5.41) is 31.9. The van der Waals surface area contributed by atoms with Gasteiger partial charge in [-0.15, -0.1) is 0 Å². The highest BCUT2D eigenvalue weighted by Gasteiger charge is 2.53. The molecule has 0 aromatic heterocycles. The number of benzene rings is 2. The van der Waals surface area contributed by atoms with Crippen LogP contribution in [0.3, 0.4) is 0 Å². The van der Waals surface area contributed by atoms with Gasteiger partial charge in [-0.1, -0.05) is 12.1 Å². The molecule has 0 bridgehead atoms. The minimum Gasteiger partial charge on any atom is -0.504 e. The van der Waals surface area contributed by atoms with Crippen LogP contribution in [0.5, 0.6) is 23.0 Å². The number of piperidine rings is 1. The molecule has 1 amide bonds. The summed E-state index contributed by atoms with van der Waals surface area (Å²) in [6.45, 7) is 2.23. The Labute approximate surface area is 230 Å². The Morgan fingerprint density at radius 2 is 1.82 bits per heavy atom. The highest BCUT2D eigenvalue weighted by atomic mass is 16.7. The molecule has 4 atom stereocenters. The Kier molecular flexibility index (Phi) is 7.10. The van der Waals surface area contributed by atoms with E-state index in [0.717, 1.165) is 68.0 Å². The molecular formula is C31H40N2O6. The van der Waals surface area contributed by atoms with Crippen molar-refractivity contribution in [1.82, 2.24) is 9.80 Å². The van der Waals surface area contributed by atoms with E-state index in [1.807, 2.05) is 36.2 Å². The predicted molar refractivity (Wildman–Crippen MR) is 146 cm³/mol. The lowest BCUT2D eigenvalue weighted by Gasteiger charge is -2.56. The first-order chi connectivity index (χ1) is 18.8. The summed E-state index contributed by atoms with van der Waals surface area (Å²) in [5.74, 6) is 2.16. The molecule has 3 fully saturated rings. The van der Waals surface area contributed by atoms with Crippen LogP contribution in [0, 0.1) is 11.8 Å².